The number of amides is 1. The molecule has 1 heterocycles. The van der Waals surface area contributed by atoms with Crippen molar-refractivity contribution < 1.29 is 14.7 Å². The zero-order valence-electron chi connectivity index (χ0n) is 5.07. The van der Waals surface area contributed by atoms with Crippen LogP contribution in [0.4, 0.5) is 0 Å². The van der Waals surface area contributed by atoms with Crippen LogP contribution in [-0.2, 0) is 9.59 Å². The molecular weight excluding hydrogens is 134 g/mol. The summed E-state index contributed by atoms with van der Waals surface area (Å²) >= 11 is 0. The Labute approximate surface area is 56.9 Å². The Morgan fingerprint density at radius 2 is 2.40 bits per heavy atom. The fraction of sp³-hybridized carbons (Fsp3) is 0.167. The van der Waals surface area contributed by atoms with Gasteiger partial charge in [0.15, 0.2) is 5.71 Å². The minimum atomic E-state index is -1.16. The maximum atomic E-state index is 10.5. The van der Waals surface area contributed by atoms with Crippen molar-refractivity contribution in [3.05, 3.63) is 12.2 Å². The smallest absolute Gasteiger partial charge is 0.354 e. The number of carbonyl (C=O) groups excluding carboxylic acids is 1. The van der Waals surface area contributed by atoms with Crippen LogP contribution in [0.1, 0.15) is 6.42 Å². The third kappa shape index (κ3) is 1.28. The van der Waals surface area contributed by atoms with Gasteiger partial charge >= 0.3 is 5.97 Å². The minimum absolute atomic E-state index is 0.184. The third-order valence-corrected chi connectivity index (χ3v) is 1.03. The quantitative estimate of drug-likeness (QED) is 0.556. The molecule has 0 aliphatic carbocycles. The molecular formula is C6H5NO3. The first-order valence-corrected chi connectivity index (χ1v) is 2.71. The van der Waals surface area contributed by atoms with Gasteiger partial charge in [0, 0.05) is 6.42 Å². The average Bonchev–Trinajstić information content (AvgIpc) is 1.88. The summed E-state index contributed by atoms with van der Waals surface area (Å²) in [6.45, 7) is 0. The van der Waals surface area contributed by atoms with Crippen LogP contribution in [0.2, 0.25) is 0 Å². The SMILES string of the molecule is O=C1CC=CC(C(=O)O)=N1. The molecule has 0 aromatic carbocycles. The highest BCUT2D eigenvalue weighted by Gasteiger charge is 2.11. The van der Waals surface area contributed by atoms with Gasteiger partial charge in [-0.05, 0) is 6.08 Å². The molecule has 1 aliphatic rings. The van der Waals surface area contributed by atoms with E-state index >= 15 is 0 Å². The van der Waals surface area contributed by atoms with E-state index in [4.69, 9.17) is 5.11 Å². The molecule has 0 bridgehead atoms. The van der Waals surface area contributed by atoms with Gasteiger partial charge in [-0.25, -0.2) is 9.79 Å². The van der Waals surface area contributed by atoms with E-state index in [-0.39, 0.29) is 12.1 Å². The van der Waals surface area contributed by atoms with E-state index < -0.39 is 11.9 Å². The van der Waals surface area contributed by atoms with Crippen molar-refractivity contribution in [1.29, 1.82) is 0 Å². The second kappa shape index (κ2) is 2.43. The molecule has 0 saturated heterocycles. The Morgan fingerprint density at radius 3 is 2.80 bits per heavy atom. The number of dihydropyridines is 1. The molecule has 0 aromatic heterocycles. The maximum Gasteiger partial charge on any atom is 0.354 e. The minimum Gasteiger partial charge on any atom is -0.477 e. The Morgan fingerprint density at radius 1 is 1.70 bits per heavy atom. The first kappa shape index (κ1) is 6.67. The third-order valence-electron chi connectivity index (χ3n) is 1.03. The molecule has 1 amide bonds. The lowest BCUT2D eigenvalue weighted by molar-refractivity contribution is -0.129. The summed E-state index contributed by atoms with van der Waals surface area (Å²) in [5.74, 6) is -1.57. The molecule has 0 spiro atoms. The van der Waals surface area contributed by atoms with Gasteiger partial charge in [0.05, 0.1) is 0 Å². The van der Waals surface area contributed by atoms with Gasteiger partial charge in [0.25, 0.3) is 0 Å². The molecule has 4 heteroatoms. The molecule has 0 radical (unpaired) electrons. The van der Waals surface area contributed by atoms with Crippen LogP contribution >= 0.6 is 0 Å². The number of hydrogen-bond acceptors (Lipinski definition) is 2. The summed E-state index contributed by atoms with van der Waals surface area (Å²) in [5, 5.41) is 8.32. The standard InChI is InChI=1S/C6H5NO3/c8-5-3-1-2-4(7-5)6(9)10/h1-2H,3H2,(H,9,10). The van der Waals surface area contributed by atoms with Gasteiger partial charge in [-0.3, -0.25) is 4.79 Å². The van der Waals surface area contributed by atoms with E-state index in [1.165, 1.54) is 12.2 Å². The van der Waals surface area contributed by atoms with Crippen molar-refractivity contribution in [3.8, 4) is 0 Å². The number of carbonyl (C=O) groups is 2. The number of aliphatic carboxylic acids is 1. The van der Waals surface area contributed by atoms with Crippen LogP contribution in [0.15, 0.2) is 17.1 Å². The predicted octanol–water partition coefficient (Wildman–Crippen LogP) is -0.00150. The van der Waals surface area contributed by atoms with Crippen molar-refractivity contribution in [2.75, 3.05) is 0 Å². The van der Waals surface area contributed by atoms with Gasteiger partial charge in [-0.15, -0.1) is 0 Å². The molecule has 0 saturated carbocycles. The second-order valence-electron chi connectivity index (χ2n) is 1.80. The van der Waals surface area contributed by atoms with Crippen molar-refractivity contribution in [2.24, 2.45) is 4.99 Å². The highest BCUT2D eigenvalue weighted by atomic mass is 16.4. The predicted molar refractivity (Wildman–Crippen MR) is 33.8 cm³/mol. The van der Waals surface area contributed by atoms with Crippen molar-refractivity contribution in [2.45, 2.75) is 6.42 Å². The normalized spacial score (nSPS) is 16.8. The first-order chi connectivity index (χ1) is 4.70. The van der Waals surface area contributed by atoms with Crippen molar-refractivity contribution >= 4 is 17.6 Å². The molecule has 0 aromatic rings. The first-order valence-electron chi connectivity index (χ1n) is 2.71. The van der Waals surface area contributed by atoms with Gasteiger partial charge < -0.3 is 5.11 Å². The Balaban J connectivity index is 2.86. The molecule has 10 heavy (non-hydrogen) atoms. The Bertz CT molecular complexity index is 237. The molecule has 0 unspecified atom stereocenters. The van der Waals surface area contributed by atoms with Crippen LogP contribution in [0, 0.1) is 0 Å². The van der Waals surface area contributed by atoms with E-state index in [9.17, 15) is 9.59 Å². The van der Waals surface area contributed by atoms with Gasteiger partial charge in [0.2, 0.25) is 5.91 Å². The molecule has 4 nitrogen and oxygen atoms in total. The molecule has 1 rings (SSSR count). The van der Waals surface area contributed by atoms with E-state index in [0.717, 1.165) is 0 Å². The van der Waals surface area contributed by atoms with E-state index in [1.807, 2.05) is 0 Å². The van der Waals surface area contributed by atoms with Crippen LogP contribution < -0.4 is 0 Å². The number of carboxylic acid groups (broad SMARTS) is 1. The van der Waals surface area contributed by atoms with Gasteiger partial charge in [0.1, 0.15) is 0 Å². The largest absolute Gasteiger partial charge is 0.477 e. The van der Waals surface area contributed by atoms with Gasteiger partial charge in [-0.2, -0.15) is 0 Å². The topological polar surface area (TPSA) is 66.7 Å². The number of aliphatic imine (C=N–C) groups is 1. The van der Waals surface area contributed by atoms with Crippen molar-refractivity contribution in [3.63, 3.8) is 0 Å². The van der Waals surface area contributed by atoms with Crippen LogP contribution in [-0.4, -0.2) is 22.7 Å². The molecule has 52 valence electrons. The fourth-order valence-electron chi connectivity index (χ4n) is 0.608. The lowest BCUT2D eigenvalue weighted by Gasteiger charge is -1.97. The number of carboxylic acids is 1. The number of rotatable bonds is 1. The van der Waals surface area contributed by atoms with Crippen LogP contribution in [0.3, 0.4) is 0 Å². The Kier molecular flexibility index (Phi) is 1.62. The Hall–Kier alpha value is -1.45. The van der Waals surface area contributed by atoms with Gasteiger partial charge in [-0.1, -0.05) is 6.08 Å². The molecule has 1 aliphatic heterocycles. The summed E-state index contributed by atoms with van der Waals surface area (Å²) < 4.78 is 0. The monoisotopic (exact) mass is 139 g/mol. The number of hydrogen-bond donors (Lipinski definition) is 1. The fourth-order valence-corrected chi connectivity index (χ4v) is 0.608. The maximum absolute atomic E-state index is 10.5. The van der Waals surface area contributed by atoms with E-state index in [0.29, 0.717) is 0 Å². The van der Waals surface area contributed by atoms with E-state index in [1.54, 1.807) is 0 Å². The second-order valence-corrected chi connectivity index (χ2v) is 1.80. The van der Waals surface area contributed by atoms with Crippen molar-refractivity contribution in [1.82, 2.24) is 0 Å². The zero-order chi connectivity index (χ0) is 7.56. The molecule has 1 N–H and O–H groups in total. The average molecular weight is 139 g/mol. The molecule has 0 atom stereocenters. The van der Waals surface area contributed by atoms with Crippen LogP contribution in [0.25, 0.3) is 0 Å². The lowest BCUT2D eigenvalue weighted by Crippen LogP contribution is -2.14. The summed E-state index contributed by atoms with van der Waals surface area (Å²) in [6, 6.07) is 0. The zero-order valence-corrected chi connectivity index (χ0v) is 5.07. The summed E-state index contributed by atoms with van der Waals surface area (Å²) in [6.07, 6.45) is 3.01. The summed E-state index contributed by atoms with van der Waals surface area (Å²) in [7, 11) is 0. The van der Waals surface area contributed by atoms with Crippen LogP contribution in [0.5, 0.6) is 0 Å². The number of nitrogens with zero attached hydrogens (tertiary/aromatic N) is 1. The summed E-state index contributed by atoms with van der Waals surface area (Å²) in [5.41, 5.74) is -0.184. The van der Waals surface area contributed by atoms with E-state index in [2.05, 4.69) is 4.99 Å². The highest BCUT2D eigenvalue weighted by Crippen LogP contribution is 1.97. The highest BCUT2D eigenvalue weighted by molar-refractivity contribution is 6.42. The lowest BCUT2D eigenvalue weighted by atomic mass is 10.2. The summed E-state index contributed by atoms with van der Waals surface area (Å²) in [4.78, 5) is 23.9. The molecule has 0 fully saturated rings.